The molecule has 1 heterocycles. The molecule has 10 nitrogen and oxygen atoms in total. The molecule has 1 fully saturated rings. The Bertz CT molecular complexity index is 1050. The van der Waals surface area contributed by atoms with E-state index < -0.39 is 61.5 Å². The second kappa shape index (κ2) is 48.4. The minimum atomic E-state index is -1.59. The minimum absolute atomic E-state index is 0.250. The second-order valence-electron chi connectivity index (χ2n) is 21.3. The molecule has 0 aliphatic carbocycles. The summed E-state index contributed by atoms with van der Waals surface area (Å²) in [6, 6.07) is -0.889. The van der Waals surface area contributed by atoms with Gasteiger partial charge in [-0.3, -0.25) is 4.79 Å². The quantitative estimate of drug-likeness (QED) is 0.0293. The van der Waals surface area contributed by atoms with Crippen LogP contribution in [0.4, 0.5) is 0 Å². The Morgan fingerprint density at radius 3 is 1.04 bits per heavy atom. The van der Waals surface area contributed by atoms with Crippen LogP contribution < -0.4 is 5.32 Å². The van der Waals surface area contributed by atoms with Gasteiger partial charge in [0.05, 0.1) is 25.4 Å². The molecule has 7 N–H and O–H groups in total. The topological polar surface area (TPSA) is 169 Å². The summed E-state index contributed by atoms with van der Waals surface area (Å²) in [5, 5.41) is 65.1. The Labute approximate surface area is 419 Å². The van der Waals surface area contributed by atoms with Crippen molar-refractivity contribution in [3.05, 3.63) is 0 Å². The van der Waals surface area contributed by atoms with Gasteiger partial charge < -0.3 is 45.4 Å². The molecule has 1 rings (SSSR count). The van der Waals surface area contributed by atoms with Crippen molar-refractivity contribution in [2.75, 3.05) is 13.2 Å². The third kappa shape index (κ3) is 37.0. The summed E-state index contributed by atoms with van der Waals surface area (Å²) < 4.78 is 11.2. The number of aliphatic hydroxyl groups is 6. The molecule has 0 aromatic carbocycles. The lowest BCUT2D eigenvalue weighted by atomic mass is 9.99. The summed E-state index contributed by atoms with van der Waals surface area (Å²) in [5.41, 5.74) is 0. The third-order valence-electron chi connectivity index (χ3n) is 14.8. The molecule has 0 bridgehead atoms. The van der Waals surface area contributed by atoms with E-state index in [4.69, 9.17) is 9.47 Å². The van der Waals surface area contributed by atoms with Crippen molar-refractivity contribution in [3.8, 4) is 0 Å². The van der Waals surface area contributed by atoms with E-state index in [1.807, 2.05) is 0 Å². The normalized spacial score (nSPS) is 19.9. The molecule has 1 aliphatic heterocycles. The second-order valence-corrected chi connectivity index (χ2v) is 21.3. The van der Waals surface area contributed by atoms with Crippen LogP contribution in [0.15, 0.2) is 0 Å². The summed E-state index contributed by atoms with van der Waals surface area (Å²) in [6.07, 6.45) is 47.6. The van der Waals surface area contributed by atoms with Crippen molar-refractivity contribution in [2.45, 2.75) is 352 Å². The molecule has 8 unspecified atom stereocenters. The Kier molecular flexibility index (Phi) is 46.4. The van der Waals surface area contributed by atoms with Crippen molar-refractivity contribution in [1.29, 1.82) is 0 Å². The van der Waals surface area contributed by atoms with Gasteiger partial charge in [0.1, 0.15) is 30.5 Å². The van der Waals surface area contributed by atoms with Crippen LogP contribution in [-0.4, -0.2) is 98.7 Å². The first-order valence-electron chi connectivity index (χ1n) is 29.8. The van der Waals surface area contributed by atoms with Crippen molar-refractivity contribution in [1.82, 2.24) is 5.32 Å². The van der Waals surface area contributed by atoms with E-state index in [0.717, 1.165) is 44.9 Å². The van der Waals surface area contributed by atoms with E-state index in [2.05, 4.69) is 19.2 Å². The Morgan fingerprint density at radius 1 is 0.441 bits per heavy atom. The fourth-order valence-corrected chi connectivity index (χ4v) is 10.00. The highest BCUT2D eigenvalue weighted by Crippen LogP contribution is 2.24. The van der Waals surface area contributed by atoms with Gasteiger partial charge in [0.15, 0.2) is 6.29 Å². The van der Waals surface area contributed by atoms with E-state index in [1.54, 1.807) is 0 Å². The zero-order chi connectivity index (χ0) is 49.6. The van der Waals surface area contributed by atoms with Gasteiger partial charge in [-0.15, -0.1) is 0 Å². The van der Waals surface area contributed by atoms with Gasteiger partial charge in [-0.25, -0.2) is 0 Å². The zero-order valence-corrected chi connectivity index (χ0v) is 44.8. The Morgan fingerprint density at radius 2 is 0.735 bits per heavy atom. The largest absolute Gasteiger partial charge is 0.394 e. The van der Waals surface area contributed by atoms with Crippen molar-refractivity contribution >= 4 is 5.91 Å². The van der Waals surface area contributed by atoms with Gasteiger partial charge in [-0.1, -0.05) is 290 Å². The average Bonchev–Trinajstić information content (AvgIpc) is 3.34. The summed E-state index contributed by atoms with van der Waals surface area (Å²) in [7, 11) is 0. The van der Waals surface area contributed by atoms with Crippen LogP contribution in [0.1, 0.15) is 303 Å². The van der Waals surface area contributed by atoms with Gasteiger partial charge in [0.25, 0.3) is 0 Å². The first-order chi connectivity index (χ1) is 33.3. The molecular weight excluding hydrogens is 855 g/mol. The molecule has 0 aromatic rings. The molecule has 0 spiro atoms. The van der Waals surface area contributed by atoms with Gasteiger partial charge in [0.2, 0.25) is 5.91 Å². The van der Waals surface area contributed by atoms with E-state index in [0.29, 0.717) is 12.8 Å². The molecule has 68 heavy (non-hydrogen) atoms. The number of amides is 1. The monoisotopic (exact) mass is 970 g/mol. The molecule has 0 radical (unpaired) electrons. The van der Waals surface area contributed by atoms with E-state index in [1.165, 1.54) is 231 Å². The predicted octanol–water partition coefficient (Wildman–Crippen LogP) is 13.6. The van der Waals surface area contributed by atoms with Crippen LogP contribution in [0, 0.1) is 0 Å². The van der Waals surface area contributed by atoms with Gasteiger partial charge in [0, 0.05) is 0 Å². The number of hydrogen-bond acceptors (Lipinski definition) is 9. The summed E-state index contributed by atoms with van der Waals surface area (Å²) in [4.78, 5) is 13.1. The van der Waals surface area contributed by atoms with E-state index >= 15 is 0 Å². The lowest BCUT2D eigenvalue weighted by Gasteiger charge is -2.40. The van der Waals surface area contributed by atoms with Crippen LogP contribution in [0.3, 0.4) is 0 Å². The average molecular weight is 971 g/mol. The fraction of sp³-hybridized carbons (Fsp3) is 0.983. The van der Waals surface area contributed by atoms with Crippen molar-refractivity contribution < 1.29 is 44.9 Å². The lowest BCUT2D eigenvalue weighted by Crippen LogP contribution is -2.60. The maximum Gasteiger partial charge on any atom is 0.249 e. The molecule has 8 atom stereocenters. The minimum Gasteiger partial charge on any atom is -0.394 e. The standard InChI is InChI=1S/C58H115NO9/c1-3-5-7-9-11-13-15-17-18-19-20-21-22-23-24-25-26-27-28-29-30-31-32-33-35-37-39-41-43-45-47-52(62)57(66)59-50(49-67-58-56(65)55(64)54(63)53(48-60)68-58)51(61)46-44-42-40-38-36-34-16-14-12-10-8-6-4-2/h50-56,58,60-65H,3-49H2,1-2H3,(H,59,66). The highest BCUT2D eigenvalue weighted by molar-refractivity contribution is 5.80. The van der Waals surface area contributed by atoms with Crippen molar-refractivity contribution in [2.24, 2.45) is 0 Å². The van der Waals surface area contributed by atoms with Crippen LogP contribution in [-0.2, 0) is 14.3 Å². The molecule has 10 heteroatoms. The number of rotatable bonds is 52. The summed E-state index contributed by atoms with van der Waals surface area (Å²) in [5.74, 6) is -0.577. The molecule has 1 amide bonds. The first kappa shape index (κ1) is 65.2. The van der Waals surface area contributed by atoms with Gasteiger partial charge >= 0.3 is 0 Å². The number of aliphatic hydroxyl groups excluding tert-OH is 6. The van der Waals surface area contributed by atoms with Crippen molar-refractivity contribution in [3.63, 3.8) is 0 Å². The lowest BCUT2D eigenvalue weighted by molar-refractivity contribution is -0.302. The highest BCUT2D eigenvalue weighted by atomic mass is 16.7. The number of carbonyl (C=O) groups excluding carboxylic acids is 1. The van der Waals surface area contributed by atoms with Crippen LogP contribution in [0.5, 0.6) is 0 Å². The Balaban J connectivity index is 2.13. The molecule has 406 valence electrons. The molecule has 0 aromatic heterocycles. The van der Waals surface area contributed by atoms with Crippen LogP contribution in [0.2, 0.25) is 0 Å². The Hall–Kier alpha value is -0.850. The first-order valence-corrected chi connectivity index (χ1v) is 29.8. The highest BCUT2D eigenvalue weighted by Gasteiger charge is 2.44. The smallest absolute Gasteiger partial charge is 0.249 e. The molecular formula is C58H115NO9. The molecule has 0 saturated carbocycles. The molecule has 1 saturated heterocycles. The van der Waals surface area contributed by atoms with Crippen LogP contribution >= 0.6 is 0 Å². The predicted molar refractivity (Wildman–Crippen MR) is 283 cm³/mol. The summed E-state index contributed by atoms with van der Waals surface area (Å²) >= 11 is 0. The maximum atomic E-state index is 13.1. The van der Waals surface area contributed by atoms with Gasteiger partial charge in [-0.2, -0.15) is 0 Å². The number of nitrogens with one attached hydrogen (secondary N) is 1. The number of unbranched alkanes of at least 4 members (excludes halogenated alkanes) is 41. The SMILES string of the molecule is CCCCCCCCCCCCCCCCCCCCCCCCCCCCCCCCC(O)C(=O)NC(COC1OC(CO)C(O)C(O)C1O)C(O)CCCCCCCCCCCCCCC. The van der Waals surface area contributed by atoms with E-state index in [9.17, 15) is 35.4 Å². The third-order valence-corrected chi connectivity index (χ3v) is 14.8. The maximum absolute atomic E-state index is 13.1. The van der Waals surface area contributed by atoms with Crippen LogP contribution in [0.25, 0.3) is 0 Å². The number of hydrogen-bond donors (Lipinski definition) is 7. The number of carbonyl (C=O) groups is 1. The zero-order valence-electron chi connectivity index (χ0n) is 44.8. The summed E-state index contributed by atoms with van der Waals surface area (Å²) in [6.45, 7) is 3.71. The number of ether oxygens (including phenoxy) is 2. The van der Waals surface area contributed by atoms with E-state index in [-0.39, 0.29) is 6.61 Å². The van der Waals surface area contributed by atoms with Gasteiger partial charge in [-0.05, 0) is 12.8 Å². The molecule has 1 aliphatic rings. The fourth-order valence-electron chi connectivity index (χ4n) is 10.00.